The third kappa shape index (κ3) is 6.15. The van der Waals surface area contributed by atoms with E-state index in [1.807, 2.05) is 104 Å². The van der Waals surface area contributed by atoms with Gasteiger partial charge in [-0.2, -0.15) is 10.2 Å². The van der Waals surface area contributed by atoms with Crippen LogP contribution in [0, 0.1) is 0 Å². The van der Waals surface area contributed by atoms with Gasteiger partial charge in [0.05, 0.1) is 11.4 Å². The van der Waals surface area contributed by atoms with Gasteiger partial charge in [0.15, 0.2) is 0 Å². The van der Waals surface area contributed by atoms with E-state index in [1.165, 1.54) is 0 Å². The maximum atomic E-state index is 5.42. The lowest BCUT2D eigenvalue weighted by Gasteiger charge is -2.06. The Hall–Kier alpha value is -4.18. The van der Waals surface area contributed by atoms with Crippen molar-refractivity contribution in [3.8, 4) is 0 Å². The van der Waals surface area contributed by atoms with E-state index >= 15 is 0 Å². The summed E-state index contributed by atoms with van der Waals surface area (Å²) in [5, 5.41) is 8.18. The summed E-state index contributed by atoms with van der Waals surface area (Å²) in [6, 6.07) is 40.2. The Morgan fingerprint density at radius 2 is 0.806 bits per heavy atom. The molecule has 0 aromatic heterocycles. The van der Waals surface area contributed by atoms with Gasteiger partial charge in [0.2, 0.25) is 0 Å². The van der Waals surface area contributed by atoms with Crippen molar-refractivity contribution in [2.45, 2.75) is 0 Å². The van der Waals surface area contributed by atoms with Gasteiger partial charge in [0, 0.05) is 29.3 Å². The van der Waals surface area contributed by atoms with E-state index in [1.54, 1.807) is 0 Å². The molecule has 31 heavy (non-hydrogen) atoms. The molecule has 0 aliphatic rings. The fourth-order valence-corrected chi connectivity index (χ4v) is 3.11. The summed E-state index contributed by atoms with van der Waals surface area (Å²) in [5.41, 5.74) is 8.93. The van der Waals surface area contributed by atoms with E-state index in [0.29, 0.717) is 0 Å². The number of nitrogens with zero attached hydrogens (tertiary/aromatic N) is 2. The van der Waals surface area contributed by atoms with Crippen LogP contribution >= 0.6 is 0 Å². The molecule has 4 aromatic rings. The van der Waals surface area contributed by atoms with E-state index < -0.39 is 0 Å². The van der Waals surface area contributed by atoms with Crippen molar-refractivity contribution in [1.29, 1.82) is 0 Å². The first-order chi connectivity index (χ1) is 15.3. The van der Waals surface area contributed by atoms with Gasteiger partial charge in [-0.15, -0.1) is 0 Å². The molecule has 0 amide bonds. The minimum Gasteiger partial charge on any atom is -0.323 e. The highest BCUT2D eigenvalue weighted by Crippen LogP contribution is 2.11. The lowest BCUT2D eigenvalue weighted by atomic mass is 10.0. The Labute approximate surface area is 183 Å². The van der Waals surface area contributed by atoms with Crippen LogP contribution in [-0.4, -0.2) is 18.5 Å². The van der Waals surface area contributed by atoms with Gasteiger partial charge in [0.25, 0.3) is 0 Å². The molecule has 0 radical (unpaired) electrons. The molecule has 0 aliphatic heterocycles. The minimum absolute atomic E-state index is 0.816. The Kier molecular flexibility index (Phi) is 8.15. The summed E-state index contributed by atoms with van der Waals surface area (Å²) >= 11 is 0. The average Bonchev–Trinajstić information content (AvgIpc) is 2.86. The quantitative estimate of drug-likeness (QED) is 0.277. The van der Waals surface area contributed by atoms with Crippen LogP contribution in [-0.2, 0) is 0 Å². The normalized spacial score (nSPS) is 9.58. The Morgan fingerprint density at radius 1 is 0.516 bits per heavy atom. The number of nitrogens with one attached hydrogen (secondary N) is 1. The van der Waals surface area contributed by atoms with Gasteiger partial charge in [-0.25, -0.2) is 0 Å². The van der Waals surface area contributed by atoms with E-state index in [2.05, 4.69) is 39.9 Å². The van der Waals surface area contributed by atoms with Crippen molar-refractivity contribution in [2.24, 2.45) is 16.0 Å². The number of rotatable bonds is 5. The molecule has 154 valence electrons. The SMILES string of the molecule is CNN=C(c1ccccc1)c1ccccc1.NN=C(c1ccccc1)c1ccccc1. The van der Waals surface area contributed by atoms with Crippen LogP contribution in [0.5, 0.6) is 0 Å². The molecule has 4 aromatic carbocycles. The van der Waals surface area contributed by atoms with E-state index in [9.17, 15) is 0 Å². The summed E-state index contributed by atoms with van der Waals surface area (Å²) in [5.74, 6) is 5.42. The largest absolute Gasteiger partial charge is 0.323 e. The van der Waals surface area contributed by atoms with Gasteiger partial charge < -0.3 is 11.3 Å². The highest BCUT2D eigenvalue weighted by molar-refractivity contribution is 6.13. The standard InChI is InChI=1S/C14H14N2.C13H12N2/c1-15-16-14(12-8-4-2-5-9-12)13-10-6-3-7-11-13;14-15-13(11-7-3-1-4-8-11)12-9-5-2-6-10-12/h2-11,15H,1H3;1-10H,14H2. The van der Waals surface area contributed by atoms with Gasteiger partial charge in [-0.3, -0.25) is 0 Å². The van der Waals surface area contributed by atoms with Crippen LogP contribution in [0.2, 0.25) is 0 Å². The van der Waals surface area contributed by atoms with Crippen molar-refractivity contribution in [3.63, 3.8) is 0 Å². The zero-order chi connectivity index (χ0) is 21.7. The topological polar surface area (TPSA) is 62.8 Å². The Morgan fingerprint density at radius 3 is 1.06 bits per heavy atom. The summed E-state index contributed by atoms with van der Waals surface area (Å²) in [7, 11) is 1.81. The second-order valence-electron chi connectivity index (χ2n) is 6.63. The number of hydrogen-bond acceptors (Lipinski definition) is 4. The maximum absolute atomic E-state index is 5.42. The summed E-state index contributed by atoms with van der Waals surface area (Å²) in [6.07, 6.45) is 0. The number of benzene rings is 4. The van der Waals surface area contributed by atoms with E-state index in [-0.39, 0.29) is 0 Å². The molecule has 0 atom stereocenters. The van der Waals surface area contributed by atoms with Crippen molar-refractivity contribution in [2.75, 3.05) is 7.05 Å². The monoisotopic (exact) mass is 406 g/mol. The van der Waals surface area contributed by atoms with E-state index in [0.717, 1.165) is 33.7 Å². The molecule has 0 fully saturated rings. The first-order valence-electron chi connectivity index (χ1n) is 10.1. The van der Waals surface area contributed by atoms with Crippen molar-refractivity contribution >= 4 is 11.4 Å². The molecular formula is C27H26N4. The fraction of sp³-hybridized carbons (Fsp3) is 0.0370. The van der Waals surface area contributed by atoms with Crippen LogP contribution in [0.4, 0.5) is 0 Å². The number of hydrazone groups is 2. The Balaban J connectivity index is 0.000000176. The molecular weight excluding hydrogens is 380 g/mol. The molecule has 0 heterocycles. The van der Waals surface area contributed by atoms with Crippen LogP contribution in [0.25, 0.3) is 0 Å². The average molecular weight is 407 g/mol. The third-order valence-corrected chi connectivity index (χ3v) is 4.54. The zero-order valence-electron chi connectivity index (χ0n) is 17.5. The van der Waals surface area contributed by atoms with Crippen molar-refractivity contribution in [1.82, 2.24) is 5.43 Å². The molecule has 3 N–H and O–H groups in total. The van der Waals surface area contributed by atoms with Crippen molar-refractivity contribution < 1.29 is 0 Å². The molecule has 0 saturated heterocycles. The minimum atomic E-state index is 0.816. The van der Waals surface area contributed by atoms with Crippen LogP contribution in [0.15, 0.2) is 132 Å². The second-order valence-corrected chi connectivity index (χ2v) is 6.63. The lowest BCUT2D eigenvalue weighted by molar-refractivity contribution is 0.901. The van der Waals surface area contributed by atoms with Crippen LogP contribution < -0.4 is 11.3 Å². The first kappa shape index (κ1) is 21.5. The smallest absolute Gasteiger partial charge is 0.0973 e. The van der Waals surface area contributed by atoms with Gasteiger partial charge >= 0.3 is 0 Å². The molecule has 4 rings (SSSR count). The predicted octanol–water partition coefficient (Wildman–Crippen LogP) is 5.06. The highest BCUT2D eigenvalue weighted by Gasteiger charge is 2.05. The molecule has 0 spiro atoms. The fourth-order valence-electron chi connectivity index (χ4n) is 3.11. The number of nitrogens with two attached hydrogens (primary N) is 1. The summed E-state index contributed by atoms with van der Waals surface area (Å²) < 4.78 is 0. The second kappa shape index (κ2) is 11.7. The number of hydrogen-bond donors (Lipinski definition) is 2. The summed E-state index contributed by atoms with van der Waals surface area (Å²) in [4.78, 5) is 0. The van der Waals surface area contributed by atoms with E-state index in [4.69, 9.17) is 5.84 Å². The zero-order valence-corrected chi connectivity index (χ0v) is 17.5. The molecule has 0 unspecified atom stereocenters. The molecule has 0 saturated carbocycles. The van der Waals surface area contributed by atoms with Crippen LogP contribution in [0.1, 0.15) is 22.3 Å². The van der Waals surface area contributed by atoms with Crippen molar-refractivity contribution in [3.05, 3.63) is 144 Å². The first-order valence-corrected chi connectivity index (χ1v) is 10.1. The Bertz CT molecular complexity index is 1010. The van der Waals surface area contributed by atoms with Gasteiger partial charge in [0.1, 0.15) is 0 Å². The predicted molar refractivity (Wildman–Crippen MR) is 130 cm³/mol. The lowest BCUT2D eigenvalue weighted by Crippen LogP contribution is -2.08. The van der Waals surface area contributed by atoms with Crippen LogP contribution in [0.3, 0.4) is 0 Å². The molecule has 0 aliphatic carbocycles. The molecule has 4 heteroatoms. The highest BCUT2D eigenvalue weighted by atomic mass is 15.3. The molecule has 0 bridgehead atoms. The third-order valence-electron chi connectivity index (χ3n) is 4.54. The van der Waals surface area contributed by atoms with Gasteiger partial charge in [-0.1, -0.05) is 121 Å². The van der Waals surface area contributed by atoms with Gasteiger partial charge in [-0.05, 0) is 0 Å². The summed E-state index contributed by atoms with van der Waals surface area (Å²) in [6.45, 7) is 0. The maximum Gasteiger partial charge on any atom is 0.0973 e. The molecule has 4 nitrogen and oxygen atoms in total.